The first-order valence-electron chi connectivity index (χ1n) is 5.06. The first kappa shape index (κ1) is 12.3. The number of nitro groups is 1. The van der Waals surface area contributed by atoms with E-state index in [0.29, 0.717) is 0 Å². The molecule has 0 saturated heterocycles. The van der Waals surface area contributed by atoms with E-state index in [1.807, 2.05) is 6.92 Å². The molecule has 1 unspecified atom stereocenters. The Balaban J connectivity index is 2.71. The van der Waals surface area contributed by atoms with Gasteiger partial charge in [-0.2, -0.15) is 0 Å². The molecule has 5 heteroatoms. The molecule has 1 N–H and O–H groups in total. The first-order chi connectivity index (χ1) is 7.67. The highest BCUT2D eigenvalue weighted by atomic mass is 16.6. The monoisotopic (exact) mass is 222 g/mol. The lowest BCUT2D eigenvalue weighted by Crippen LogP contribution is -2.08. The lowest BCUT2D eigenvalue weighted by atomic mass is 10.2. The van der Waals surface area contributed by atoms with Crippen molar-refractivity contribution in [3.05, 3.63) is 39.9 Å². The van der Waals surface area contributed by atoms with Crippen molar-refractivity contribution in [3.8, 4) is 0 Å². The molecule has 0 aromatic heterocycles. The second-order valence-electron chi connectivity index (χ2n) is 3.37. The van der Waals surface area contributed by atoms with E-state index in [1.54, 1.807) is 18.3 Å². The molecule has 0 bridgehead atoms. The lowest BCUT2D eigenvalue weighted by molar-refractivity contribution is -0.384. The Morgan fingerprint density at radius 1 is 1.50 bits per heavy atom. The number of nitro benzene ring substituents is 1. The third kappa shape index (κ3) is 3.43. The van der Waals surface area contributed by atoms with Gasteiger partial charge in [-0.25, -0.2) is 0 Å². The molecule has 0 spiro atoms. The molecule has 5 nitrogen and oxygen atoms in total. The Morgan fingerprint density at radius 3 is 2.56 bits per heavy atom. The zero-order valence-corrected chi connectivity index (χ0v) is 9.04. The van der Waals surface area contributed by atoms with Gasteiger partial charge in [0.25, 0.3) is 5.69 Å². The fourth-order valence-corrected chi connectivity index (χ4v) is 1.16. The van der Waals surface area contributed by atoms with Gasteiger partial charge in [-0.1, -0.05) is 6.92 Å². The zero-order valence-electron chi connectivity index (χ0n) is 9.04. The Kier molecular flexibility index (Phi) is 4.60. The SMILES string of the molecule is CCC(CO)N=Cc1ccc([N+](=O)[O-])cc1. The predicted molar refractivity (Wildman–Crippen MR) is 61.9 cm³/mol. The second-order valence-corrected chi connectivity index (χ2v) is 3.37. The van der Waals surface area contributed by atoms with Gasteiger partial charge in [-0.3, -0.25) is 15.1 Å². The maximum atomic E-state index is 10.4. The highest BCUT2D eigenvalue weighted by Gasteiger charge is 2.03. The molecule has 86 valence electrons. The number of non-ortho nitro benzene ring substituents is 1. The number of hydrogen-bond donors (Lipinski definition) is 1. The van der Waals surface area contributed by atoms with Crippen molar-refractivity contribution in [1.29, 1.82) is 0 Å². The lowest BCUT2D eigenvalue weighted by Gasteiger charge is -2.03. The normalized spacial score (nSPS) is 12.9. The Morgan fingerprint density at radius 2 is 2.12 bits per heavy atom. The fourth-order valence-electron chi connectivity index (χ4n) is 1.16. The minimum Gasteiger partial charge on any atom is -0.394 e. The summed E-state index contributed by atoms with van der Waals surface area (Å²) in [5.74, 6) is 0. The van der Waals surface area contributed by atoms with Gasteiger partial charge in [0.15, 0.2) is 0 Å². The van der Waals surface area contributed by atoms with Gasteiger partial charge in [0.1, 0.15) is 0 Å². The van der Waals surface area contributed by atoms with Crippen molar-refractivity contribution in [1.82, 2.24) is 0 Å². The van der Waals surface area contributed by atoms with Crippen LogP contribution in [0.1, 0.15) is 18.9 Å². The van der Waals surface area contributed by atoms with Crippen LogP contribution in [0.5, 0.6) is 0 Å². The van der Waals surface area contributed by atoms with Crippen molar-refractivity contribution >= 4 is 11.9 Å². The number of benzene rings is 1. The van der Waals surface area contributed by atoms with Gasteiger partial charge in [0.05, 0.1) is 17.6 Å². The summed E-state index contributed by atoms with van der Waals surface area (Å²) >= 11 is 0. The number of hydrogen-bond acceptors (Lipinski definition) is 4. The third-order valence-electron chi connectivity index (χ3n) is 2.22. The Bertz CT molecular complexity index is 369. The molecule has 1 aromatic carbocycles. The van der Waals surface area contributed by atoms with E-state index in [4.69, 9.17) is 5.11 Å². The second kappa shape index (κ2) is 5.97. The van der Waals surface area contributed by atoms with Gasteiger partial charge in [-0.15, -0.1) is 0 Å². The van der Waals surface area contributed by atoms with Crippen LogP contribution in [-0.4, -0.2) is 28.9 Å². The summed E-state index contributed by atoms with van der Waals surface area (Å²) in [6.45, 7) is 1.95. The van der Waals surface area contributed by atoms with E-state index in [2.05, 4.69) is 4.99 Å². The van der Waals surface area contributed by atoms with Gasteiger partial charge < -0.3 is 5.11 Å². The largest absolute Gasteiger partial charge is 0.394 e. The smallest absolute Gasteiger partial charge is 0.269 e. The van der Waals surface area contributed by atoms with Gasteiger partial charge in [0.2, 0.25) is 0 Å². The summed E-state index contributed by atoms with van der Waals surface area (Å²) in [6.07, 6.45) is 2.38. The van der Waals surface area contributed by atoms with Crippen molar-refractivity contribution in [2.75, 3.05) is 6.61 Å². The molecule has 0 aliphatic rings. The van der Waals surface area contributed by atoms with Crippen LogP contribution in [0.15, 0.2) is 29.3 Å². The number of aliphatic hydroxyl groups is 1. The van der Waals surface area contributed by atoms with Crippen LogP contribution in [0.2, 0.25) is 0 Å². The van der Waals surface area contributed by atoms with Gasteiger partial charge in [0, 0.05) is 18.3 Å². The molecule has 0 aliphatic carbocycles. The number of rotatable bonds is 5. The molecule has 16 heavy (non-hydrogen) atoms. The van der Waals surface area contributed by atoms with Crippen molar-refractivity contribution in [2.24, 2.45) is 4.99 Å². The third-order valence-corrected chi connectivity index (χ3v) is 2.22. The first-order valence-corrected chi connectivity index (χ1v) is 5.06. The molecule has 0 fully saturated rings. The van der Waals surface area contributed by atoms with Crippen LogP contribution in [0.25, 0.3) is 0 Å². The van der Waals surface area contributed by atoms with Crippen LogP contribution in [0.4, 0.5) is 5.69 Å². The molecule has 1 aromatic rings. The van der Waals surface area contributed by atoms with Crippen molar-refractivity contribution < 1.29 is 10.0 Å². The topological polar surface area (TPSA) is 75.7 Å². The predicted octanol–water partition coefficient (Wildman–Crippen LogP) is 1.78. The fraction of sp³-hybridized carbons (Fsp3) is 0.364. The molecule has 0 aliphatic heterocycles. The maximum absolute atomic E-state index is 10.4. The summed E-state index contributed by atoms with van der Waals surface area (Å²) in [4.78, 5) is 14.1. The van der Waals surface area contributed by atoms with Crippen LogP contribution in [0.3, 0.4) is 0 Å². The maximum Gasteiger partial charge on any atom is 0.269 e. The average Bonchev–Trinajstić information content (AvgIpc) is 2.31. The number of nitrogens with zero attached hydrogens (tertiary/aromatic N) is 2. The van der Waals surface area contributed by atoms with Crippen LogP contribution in [0, 0.1) is 10.1 Å². The van der Waals surface area contributed by atoms with E-state index in [9.17, 15) is 10.1 Å². The van der Waals surface area contributed by atoms with Crippen molar-refractivity contribution in [3.63, 3.8) is 0 Å². The molecule has 0 heterocycles. The summed E-state index contributed by atoms with van der Waals surface area (Å²) in [5.41, 5.74) is 0.851. The highest BCUT2D eigenvalue weighted by molar-refractivity contribution is 5.80. The molecule has 0 saturated carbocycles. The average molecular weight is 222 g/mol. The van der Waals surface area contributed by atoms with Crippen LogP contribution in [-0.2, 0) is 0 Å². The minimum absolute atomic E-state index is 0.0139. The van der Waals surface area contributed by atoms with E-state index in [0.717, 1.165) is 12.0 Å². The van der Waals surface area contributed by atoms with E-state index in [1.165, 1.54) is 12.1 Å². The molecule has 0 amide bonds. The molecule has 0 radical (unpaired) electrons. The molecular formula is C11H14N2O3. The summed E-state index contributed by atoms with van der Waals surface area (Å²) < 4.78 is 0. The van der Waals surface area contributed by atoms with E-state index >= 15 is 0 Å². The van der Waals surface area contributed by atoms with E-state index in [-0.39, 0.29) is 18.3 Å². The van der Waals surface area contributed by atoms with E-state index < -0.39 is 4.92 Å². The van der Waals surface area contributed by atoms with Crippen LogP contribution < -0.4 is 0 Å². The van der Waals surface area contributed by atoms with Gasteiger partial charge >= 0.3 is 0 Å². The number of aliphatic imine (C=N–C) groups is 1. The highest BCUT2D eigenvalue weighted by Crippen LogP contribution is 2.10. The summed E-state index contributed by atoms with van der Waals surface area (Å²) in [5, 5.41) is 19.3. The van der Waals surface area contributed by atoms with Crippen molar-refractivity contribution in [2.45, 2.75) is 19.4 Å². The molecule has 1 atom stereocenters. The quantitative estimate of drug-likeness (QED) is 0.468. The van der Waals surface area contributed by atoms with Gasteiger partial charge in [-0.05, 0) is 24.1 Å². The Hall–Kier alpha value is -1.75. The Labute approximate surface area is 93.6 Å². The number of aliphatic hydroxyl groups excluding tert-OH is 1. The minimum atomic E-state index is -0.441. The van der Waals surface area contributed by atoms with Crippen LogP contribution >= 0.6 is 0 Å². The standard InChI is InChI=1S/C11H14N2O3/c1-2-10(8-14)12-7-9-3-5-11(6-4-9)13(15)16/h3-7,10,14H,2,8H2,1H3. The molecule has 1 rings (SSSR count). The summed E-state index contributed by atoms with van der Waals surface area (Å²) in [6, 6.07) is 6.02. The molecular weight excluding hydrogens is 208 g/mol. The zero-order chi connectivity index (χ0) is 12.0. The summed E-state index contributed by atoms with van der Waals surface area (Å²) in [7, 11) is 0.